The van der Waals surface area contributed by atoms with E-state index in [2.05, 4.69) is 31.9 Å². The third-order valence-electron chi connectivity index (χ3n) is 5.34. The van der Waals surface area contributed by atoms with Crippen molar-refractivity contribution in [1.82, 2.24) is 9.97 Å². The van der Waals surface area contributed by atoms with Crippen molar-refractivity contribution in [2.24, 2.45) is 5.10 Å². The number of nitrogens with two attached hydrogens (primary N) is 1. The van der Waals surface area contributed by atoms with Crippen molar-refractivity contribution < 1.29 is 20.1 Å². The average molecular weight is 522 g/mol. The smallest absolute Gasteiger partial charge is 0.303 e. The lowest BCUT2D eigenvalue weighted by Crippen LogP contribution is -2.49. The number of hydrogen-bond acceptors (Lipinski definition) is 8. The molecule has 3 aromatic rings. The molecule has 1 aliphatic rings. The SMILES string of the molecule is Cc1nc(N/N=C(/C(=[NH2+])c2ccccc2)C(=O)Nc2nc(C3=CC=CCC3)cs2)sc1CCC(=O)O. The Labute approximate surface area is 215 Å². The number of thiazole rings is 2. The summed E-state index contributed by atoms with van der Waals surface area (Å²) in [5.74, 6) is -1.39. The maximum atomic E-state index is 13.3. The van der Waals surface area contributed by atoms with Crippen LogP contribution in [0.2, 0.25) is 0 Å². The topological polar surface area (TPSA) is 142 Å². The van der Waals surface area contributed by atoms with Gasteiger partial charge in [0.25, 0.3) is 5.91 Å². The summed E-state index contributed by atoms with van der Waals surface area (Å²) in [6.45, 7) is 1.80. The number of nitrogens with zero attached hydrogens (tertiary/aromatic N) is 3. The molecule has 0 bridgehead atoms. The Balaban J connectivity index is 1.55. The number of carboxylic acid groups (broad SMARTS) is 1. The normalized spacial score (nSPS) is 13.2. The number of allylic oxidation sites excluding steroid dienone is 4. The molecule has 1 aliphatic carbocycles. The fraction of sp³-hybridized carbons (Fsp3) is 0.200. The van der Waals surface area contributed by atoms with Crippen molar-refractivity contribution in [1.29, 1.82) is 0 Å². The van der Waals surface area contributed by atoms with Crippen molar-refractivity contribution in [3.8, 4) is 0 Å². The molecule has 2 aromatic heterocycles. The van der Waals surface area contributed by atoms with Crippen molar-refractivity contribution in [3.63, 3.8) is 0 Å². The zero-order valence-electron chi connectivity index (χ0n) is 19.5. The van der Waals surface area contributed by atoms with Gasteiger partial charge in [0.15, 0.2) is 5.13 Å². The molecule has 0 fully saturated rings. The Morgan fingerprint density at radius 2 is 2.00 bits per heavy atom. The first-order chi connectivity index (χ1) is 17.4. The fourth-order valence-electron chi connectivity index (χ4n) is 3.47. The van der Waals surface area contributed by atoms with Gasteiger partial charge in [-0.25, -0.2) is 9.97 Å². The van der Waals surface area contributed by atoms with E-state index in [1.807, 2.05) is 35.7 Å². The van der Waals surface area contributed by atoms with Gasteiger partial charge in [0.05, 0.1) is 17.8 Å². The number of amides is 1. The maximum absolute atomic E-state index is 13.3. The molecule has 36 heavy (non-hydrogen) atoms. The van der Waals surface area contributed by atoms with Crippen molar-refractivity contribution in [3.05, 3.63) is 75.8 Å². The molecule has 0 unspecified atom stereocenters. The van der Waals surface area contributed by atoms with E-state index in [4.69, 9.17) is 10.5 Å². The summed E-state index contributed by atoms with van der Waals surface area (Å²) in [5.41, 5.74) is 6.31. The van der Waals surface area contributed by atoms with Crippen LogP contribution >= 0.6 is 22.7 Å². The van der Waals surface area contributed by atoms with Crippen LogP contribution in [0.15, 0.2) is 59.0 Å². The highest BCUT2D eigenvalue weighted by atomic mass is 32.1. The highest BCUT2D eigenvalue weighted by Crippen LogP contribution is 2.27. The summed E-state index contributed by atoms with van der Waals surface area (Å²) in [6, 6.07) is 9.09. The number of hydrogen-bond donors (Lipinski definition) is 4. The molecule has 5 N–H and O–H groups in total. The Kier molecular flexibility index (Phi) is 8.13. The molecule has 0 saturated carbocycles. The lowest BCUT2D eigenvalue weighted by Gasteiger charge is -2.06. The number of rotatable bonds is 10. The fourth-order valence-corrected chi connectivity index (χ4v) is 5.11. The Morgan fingerprint density at radius 1 is 1.19 bits per heavy atom. The van der Waals surface area contributed by atoms with E-state index in [-0.39, 0.29) is 17.8 Å². The van der Waals surface area contributed by atoms with Crippen molar-refractivity contribution in [2.45, 2.75) is 32.6 Å². The molecule has 0 saturated heterocycles. The predicted molar refractivity (Wildman–Crippen MR) is 143 cm³/mol. The lowest BCUT2D eigenvalue weighted by molar-refractivity contribution is -0.137. The van der Waals surface area contributed by atoms with Gasteiger partial charge in [0.2, 0.25) is 16.6 Å². The second kappa shape index (κ2) is 11.6. The van der Waals surface area contributed by atoms with Crippen LogP contribution in [0.1, 0.15) is 41.1 Å². The van der Waals surface area contributed by atoms with Gasteiger partial charge in [0, 0.05) is 15.8 Å². The molecule has 0 atom stereocenters. The Bertz CT molecular complexity index is 1370. The van der Waals surface area contributed by atoms with E-state index < -0.39 is 11.9 Å². The monoisotopic (exact) mass is 521 g/mol. The van der Waals surface area contributed by atoms with Crippen LogP contribution in [0.5, 0.6) is 0 Å². The van der Waals surface area contributed by atoms with Crippen LogP contribution < -0.4 is 16.2 Å². The molecule has 9 nitrogen and oxygen atoms in total. The number of aromatic nitrogens is 2. The molecule has 0 aliphatic heterocycles. The Morgan fingerprint density at radius 3 is 2.72 bits per heavy atom. The first-order valence-electron chi connectivity index (χ1n) is 11.2. The van der Waals surface area contributed by atoms with Gasteiger partial charge in [-0.1, -0.05) is 36.4 Å². The number of anilines is 2. The van der Waals surface area contributed by atoms with E-state index in [9.17, 15) is 9.59 Å². The van der Waals surface area contributed by atoms with E-state index >= 15 is 0 Å². The number of hydrazone groups is 1. The van der Waals surface area contributed by atoms with Crippen LogP contribution in [0.3, 0.4) is 0 Å². The molecule has 1 aromatic carbocycles. The minimum absolute atomic E-state index is 0.0110. The summed E-state index contributed by atoms with van der Waals surface area (Å²) in [7, 11) is 0. The van der Waals surface area contributed by atoms with Crippen LogP contribution in [0, 0.1) is 6.92 Å². The number of carboxylic acids is 1. The molecule has 2 heterocycles. The number of carbonyl (C=O) groups excluding carboxylic acids is 1. The third-order valence-corrected chi connectivity index (χ3v) is 7.22. The van der Waals surface area contributed by atoms with Gasteiger partial charge in [-0.05, 0) is 43.9 Å². The van der Waals surface area contributed by atoms with Crippen molar-refractivity contribution in [2.75, 3.05) is 10.7 Å². The molecule has 4 rings (SSSR count). The van der Waals surface area contributed by atoms with E-state index in [1.54, 1.807) is 19.1 Å². The summed E-state index contributed by atoms with van der Waals surface area (Å²) < 4.78 is 0. The number of aliphatic carboxylic acids is 1. The van der Waals surface area contributed by atoms with Gasteiger partial charge in [-0.3, -0.25) is 25.7 Å². The standard InChI is InChI=1S/C25H24N6O3S2/c1-15-19(12-13-20(32)33)36-25(27-15)31-30-22(21(26)17-10-6-3-7-11-17)23(34)29-24-28-18(14-35-24)16-8-4-2-5-9-16/h2-4,6-8,10-11,14,26H,5,9,12-13H2,1H3,(H,27,31)(H,32,33)(H,28,29,34)/p+1/b26-21?,30-22-. The first-order valence-corrected chi connectivity index (χ1v) is 12.9. The summed E-state index contributed by atoms with van der Waals surface area (Å²) in [4.78, 5) is 34.0. The van der Waals surface area contributed by atoms with Gasteiger partial charge in [0.1, 0.15) is 0 Å². The van der Waals surface area contributed by atoms with Gasteiger partial charge < -0.3 is 5.11 Å². The molecular formula is C25H25N6O3S2+. The average Bonchev–Trinajstić information content (AvgIpc) is 3.50. The number of nitrogens with one attached hydrogen (secondary N) is 2. The van der Waals surface area contributed by atoms with Gasteiger partial charge in [-0.2, -0.15) is 5.10 Å². The van der Waals surface area contributed by atoms with Crippen LogP contribution in [-0.2, 0) is 16.0 Å². The molecule has 1 amide bonds. The predicted octanol–water partition coefficient (Wildman–Crippen LogP) is 3.31. The number of benzene rings is 1. The highest BCUT2D eigenvalue weighted by Gasteiger charge is 2.25. The summed E-state index contributed by atoms with van der Waals surface area (Å²) in [5, 5.41) is 25.2. The molecule has 11 heteroatoms. The summed E-state index contributed by atoms with van der Waals surface area (Å²) >= 11 is 2.62. The van der Waals surface area contributed by atoms with E-state index in [1.165, 1.54) is 22.7 Å². The third kappa shape index (κ3) is 6.37. The number of carbonyl (C=O) groups is 2. The van der Waals surface area contributed by atoms with E-state index in [0.29, 0.717) is 27.9 Å². The molecular weight excluding hydrogens is 496 g/mol. The largest absolute Gasteiger partial charge is 0.481 e. The zero-order chi connectivity index (χ0) is 25.5. The summed E-state index contributed by atoms with van der Waals surface area (Å²) in [6.07, 6.45) is 8.39. The quantitative estimate of drug-likeness (QED) is 0.238. The first kappa shape index (κ1) is 25.1. The maximum Gasteiger partial charge on any atom is 0.303 e. The second-order valence-corrected chi connectivity index (χ2v) is 9.87. The lowest BCUT2D eigenvalue weighted by atomic mass is 10.0. The van der Waals surface area contributed by atoms with Gasteiger partial charge in [-0.15, -0.1) is 22.7 Å². The minimum Gasteiger partial charge on any atom is -0.481 e. The minimum atomic E-state index is -0.874. The molecule has 0 spiro atoms. The Hall–Kier alpha value is -3.96. The van der Waals surface area contributed by atoms with Crippen molar-refractivity contribution >= 4 is 61.8 Å². The van der Waals surface area contributed by atoms with E-state index in [0.717, 1.165) is 29.0 Å². The number of aryl methyl sites for hydroxylation is 2. The van der Waals surface area contributed by atoms with Crippen LogP contribution in [0.4, 0.5) is 10.3 Å². The van der Waals surface area contributed by atoms with Crippen LogP contribution in [0.25, 0.3) is 5.57 Å². The molecule has 184 valence electrons. The second-order valence-electron chi connectivity index (χ2n) is 7.92. The van der Waals surface area contributed by atoms with Crippen LogP contribution in [-0.4, -0.2) is 38.4 Å². The highest BCUT2D eigenvalue weighted by molar-refractivity contribution is 7.15. The molecule has 0 radical (unpaired) electrons. The van der Waals surface area contributed by atoms with Gasteiger partial charge >= 0.3 is 5.97 Å². The zero-order valence-corrected chi connectivity index (χ0v) is 21.2.